The topological polar surface area (TPSA) is 55.8 Å². The van der Waals surface area contributed by atoms with Gasteiger partial charge in [-0.2, -0.15) is 0 Å². The fourth-order valence-corrected chi connectivity index (χ4v) is 3.56. The van der Waals surface area contributed by atoms with Gasteiger partial charge in [0.15, 0.2) is 11.5 Å². The molecular formula is C19H23NO4S. The van der Waals surface area contributed by atoms with Crippen molar-refractivity contribution in [2.45, 2.75) is 17.9 Å². The van der Waals surface area contributed by atoms with Crippen molar-refractivity contribution in [3.8, 4) is 11.5 Å². The molecule has 25 heavy (non-hydrogen) atoms. The highest BCUT2D eigenvalue weighted by molar-refractivity contribution is 7.85. The first-order chi connectivity index (χ1) is 12.2. The maximum absolute atomic E-state index is 12.2. The average molecular weight is 361 g/mol. The maximum Gasteiger partial charge on any atom is 0.210 e. The molecule has 0 saturated heterocycles. The normalized spacial score (nSPS) is 11.6. The number of rotatable bonds is 10. The van der Waals surface area contributed by atoms with Gasteiger partial charge in [0.25, 0.3) is 0 Å². The fourth-order valence-electron chi connectivity index (χ4n) is 2.47. The molecule has 0 radical (unpaired) electrons. The number of hydrogen-bond donors (Lipinski definition) is 0. The van der Waals surface area contributed by atoms with Crippen LogP contribution >= 0.6 is 0 Å². The Hall–Kier alpha value is -2.34. The zero-order valence-corrected chi connectivity index (χ0v) is 15.3. The first kappa shape index (κ1) is 19.0. The van der Waals surface area contributed by atoms with Crippen LogP contribution in [0, 0.1) is 0 Å². The summed E-state index contributed by atoms with van der Waals surface area (Å²) >= 11 is 0. The van der Waals surface area contributed by atoms with Crippen LogP contribution in [-0.2, 0) is 22.1 Å². The van der Waals surface area contributed by atoms with E-state index in [2.05, 4.69) is 0 Å². The Morgan fingerprint density at radius 1 is 1.04 bits per heavy atom. The van der Waals surface area contributed by atoms with Crippen molar-refractivity contribution in [1.29, 1.82) is 0 Å². The molecule has 0 aliphatic rings. The van der Waals surface area contributed by atoms with E-state index in [0.29, 0.717) is 36.8 Å². The zero-order chi connectivity index (χ0) is 18.1. The summed E-state index contributed by atoms with van der Waals surface area (Å²) in [6.45, 7) is 1.03. The van der Waals surface area contributed by atoms with Crippen LogP contribution in [0.25, 0.3) is 0 Å². The lowest BCUT2D eigenvalue weighted by atomic mass is 10.2. The Labute approximate surface area is 151 Å². The summed E-state index contributed by atoms with van der Waals surface area (Å²) in [5.41, 5.74) is 0.953. The number of carbonyl (C=O) groups excluding carboxylic acids is 1. The standard InChI is InChI=1S/C19H23NO4S/c1-23-18-10-9-16(13-19(18)24-2)14-20(15-21)11-6-12-25(22)17-7-4-3-5-8-17/h3-5,7-10,13,15H,6,11-12,14H2,1-2H3. The van der Waals surface area contributed by atoms with E-state index >= 15 is 0 Å². The summed E-state index contributed by atoms with van der Waals surface area (Å²) in [5.74, 6) is 1.82. The largest absolute Gasteiger partial charge is 0.493 e. The molecule has 2 rings (SSSR count). The van der Waals surface area contributed by atoms with E-state index < -0.39 is 10.8 Å². The van der Waals surface area contributed by atoms with E-state index in [4.69, 9.17) is 9.47 Å². The molecule has 134 valence electrons. The molecule has 0 spiro atoms. The minimum atomic E-state index is -1.04. The minimum Gasteiger partial charge on any atom is -0.493 e. The lowest BCUT2D eigenvalue weighted by Gasteiger charge is -2.18. The van der Waals surface area contributed by atoms with E-state index in [0.717, 1.165) is 16.9 Å². The quantitative estimate of drug-likeness (QED) is 0.611. The van der Waals surface area contributed by atoms with Gasteiger partial charge in [-0.3, -0.25) is 9.00 Å². The molecule has 0 N–H and O–H groups in total. The number of carbonyl (C=O) groups is 1. The van der Waals surface area contributed by atoms with Gasteiger partial charge < -0.3 is 14.4 Å². The second kappa shape index (κ2) is 9.84. The van der Waals surface area contributed by atoms with Gasteiger partial charge in [-0.15, -0.1) is 0 Å². The number of benzene rings is 2. The second-order valence-corrected chi connectivity index (χ2v) is 7.05. The lowest BCUT2D eigenvalue weighted by Crippen LogP contribution is -2.23. The van der Waals surface area contributed by atoms with E-state index in [1.165, 1.54) is 0 Å². The van der Waals surface area contributed by atoms with Crippen molar-refractivity contribution in [2.24, 2.45) is 0 Å². The number of amides is 1. The highest BCUT2D eigenvalue weighted by Gasteiger charge is 2.09. The van der Waals surface area contributed by atoms with Crippen molar-refractivity contribution < 1.29 is 18.5 Å². The molecule has 5 nitrogen and oxygen atoms in total. The van der Waals surface area contributed by atoms with Crippen LogP contribution in [0.2, 0.25) is 0 Å². The molecule has 0 bridgehead atoms. The SMILES string of the molecule is COc1ccc(CN(C=O)CCCS(=O)c2ccccc2)cc1OC. The van der Waals surface area contributed by atoms with Gasteiger partial charge in [0.05, 0.1) is 25.0 Å². The fraction of sp³-hybridized carbons (Fsp3) is 0.316. The molecule has 0 aliphatic heterocycles. The molecule has 1 atom stereocenters. The summed E-state index contributed by atoms with van der Waals surface area (Å²) < 4.78 is 22.7. The van der Waals surface area contributed by atoms with Crippen LogP contribution in [0.5, 0.6) is 11.5 Å². The first-order valence-corrected chi connectivity index (χ1v) is 9.33. The number of ether oxygens (including phenoxy) is 2. The summed E-state index contributed by atoms with van der Waals surface area (Å²) in [6.07, 6.45) is 1.50. The Morgan fingerprint density at radius 3 is 2.40 bits per heavy atom. The number of nitrogens with zero attached hydrogens (tertiary/aromatic N) is 1. The molecule has 2 aromatic rings. The summed E-state index contributed by atoms with van der Waals surface area (Å²) in [6, 6.07) is 15.0. The van der Waals surface area contributed by atoms with E-state index in [-0.39, 0.29) is 0 Å². The monoisotopic (exact) mass is 361 g/mol. The van der Waals surface area contributed by atoms with Crippen LogP contribution in [0.3, 0.4) is 0 Å². The molecule has 0 fully saturated rings. The Bertz CT molecular complexity index is 706. The molecule has 0 heterocycles. The van der Waals surface area contributed by atoms with Crippen LogP contribution < -0.4 is 9.47 Å². The van der Waals surface area contributed by atoms with Crippen LogP contribution in [-0.4, -0.2) is 42.0 Å². The van der Waals surface area contributed by atoms with Crippen LogP contribution in [0.15, 0.2) is 53.4 Å². The molecule has 6 heteroatoms. The Kier molecular flexibility index (Phi) is 7.47. The van der Waals surface area contributed by atoms with E-state index in [1.807, 2.05) is 48.5 Å². The van der Waals surface area contributed by atoms with Gasteiger partial charge in [-0.05, 0) is 36.2 Å². The first-order valence-electron chi connectivity index (χ1n) is 8.01. The van der Waals surface area contributed by atoms with E-state index in [9.17, 15) is 9.00 Å². The molecule has 0 aliphatic carbocycles. The minimum absolute atomic E-state index is 0.474. The van der Waals surface area contributed by atoms with Crippen LogP contribution in [0.4, 0.5) is 0 Å². The van der Waals surface area contributed by atoms with Gasteiger partial charge in [0, 0.05) is 23.7 Å². The molecule has 0 aromatic heterocycles. The molecule has 2 aromatic carbocycles. The highest BCUT2D eigenvalue weighted by Crippen LogP contribution is 2.27. The Morgan fingerprint density at radius 2 is 1.76 bits per heavy atom. The smallest absolute Gasteiger partial charge is 0.210 e. The van der Waals surface area contributed by atoms with Crippen molar-refractivity contribution >= 4 is 17.2 Å². The zero-order valence-electron chi connectivity index (χ0n) is 14.5. The third kappa shape index (κ3) is 5.60. The predicted octanol–water partition coefficient (Wildman–Crippen LogP) is 2.86. The summed E-state index contributed by atoms with van der Waals surface area (Å²) in [7, 11) is 2.13. The molecule has 1 unspecified atom stereocenters. The third-order valence-corrected chi connectivity index (χ3v) is 5.22. The second-order valence-electron chi connectivity index (χ2n) is 5.48. The third-order valence-electron chi connectivity index (χ3n) is 3.76. The van der Waals surface area contributed by atoms with Gasteiger partial charge in [-0.1, -0.05) is 24.3 Å². The van der Waals surface area contributed by atoms with Gasteiger partial charge >= 0.3 is 0 Å². The Balaban J connectivity index is 1.88. The summed E-state index contributed by atoms with van der Waals surface area (Å²) in [5, 5.41) is 0. The van der Waals surface area contributed by atoms with Gasteiger partial charge in [-0.25, -0.2) is 0 Å². The van der Waals surface area contributed by atoms with Crippen molar-refractivity contribution in [3.05, 3.63) is 54.1 Å². The number of methoxy groups -OCH3 is 2. The van der Waals surface area contributed by atoms with Gasteiger partial charge in [0.1, 0.15) is 0 Å². The molecule has 1 amide bonds. The van der Waals surface area contributed by atoms with Crippen molar-refractivity contribution in [1.82, 2.24) is 4.90 Å². The highest BCUT2D eigenvalue weighted by atomic mass is 32.2. The lowest BCUT2D eigenvalue weighted by molar-refractivity contribution is -0.118. The average Bonchev–Trinajstić information content (AvgIpc) is 2.67. The summed E-state index contributed by atoms with van der Waals surface area (Å²) in [4.78, 5) is 13.8. The molecular weight excluding hydrogens is 338 g/mol. The predicted molar refractivity (Wildman–Crippen MR) is 98.4 cm³/mol. The van der Waals surface area contributed by atoms with Crippen molar-refractivity contribution in [3.63, 3.8) is 0 Å². The van der Waals surface area contributed by atoms with Crippen molar-refractivity contribution in [2.75, 3.05) is 26.5 Å². The van der Waals surface area contributed by atoms with Gasteiger partial charge in [0.2, 0.25) is 6.41 Å². The number of hydrogen-bond acceptors (Lipinski definition) is 4. The molecule has 0 saturated carbocycles. The maximum atomic E-state index is 12.2. The van der Waals surface area contributed by atoms with Crippen LogP contribution in [0.1, 0.15) is 12.0 Å². The van der Waals surface area contributed by atoms with E-state index in [1.54, 1.807) is 19.1 Å².